The van der Waals surface area contributed by atoms with E-state index in [1.165, 1.54) is 11.5 Å². The molecule has 0 radical (unpaired) electrons. The number of unbranched alkanes of at least 4 members (excludes halogenated alkanes) is 1. The van der Waals surface area contributed by atoms with Crippen LogP contribution in [0.5, 0.6) is 0 Å². The summed E-state index contributed by atoms with van der Waals surface area (Å²) < 4.78 is 171. The maximum absolute atomic E-state index is 13.1. The molecule has 4 saturated heterocycles. The largest absolute Gasteiger partial charge is 0.471 e. The van der Waals surface area contributed by atoms with Gasteiger partial charge < -0.3 is 73.3 Å². The van der Waals surface area contributed by atoms with Crippen molar-refractivity contribution in [2.24, 2.45) is 5.92 Å². The number of halogens is 9. The highest BCUT2D eigenvalue weighted by molar-refractivity contribution is 7.45. The van der Waals surface area contributed by atoms with Crippen LogP contribution in [0.25, 0.3) is 9.69 Å². The number of amides is 5. The third kappa shape index (κ3) is 23.8. The first kappa shape index (κ1) is 88.3. The summed E-state index contributed by atoms with van der Waals surface area (Å²) in [5.74, 6) is 0.969. The Morgan fingerprint density at radius 1 is 0.610 bits per heavy atom. The monoisotopic (exact) mass is 1540 g/mol. The quantitative estimate of drug-likeness (QED) is 0.0153. The van der Waals surface area contributed by atoms with Crippen LogP contribution >= 0.6 is 17.1 Å². The summed E-state index contributed by atoms with van der Waals surface area (Å²) in [7, 11) is -3.40. The number of carbonyl (C=O) groups excluding carboxylic acids is 5. The van der Waals surface area contributed by atoms with Gasteiger partial charge in [-0.1, -0.05) is 51.4 Å². The fourth-order valence-electron chi connectivity index (χ4n) is 11.5. The lowest BCUT2D eigenvalue weighted by molar-refractivity contribution is -0.175. The van der Waals surface area contributed by atoms with Gasteiger partial charge in [0.05, 0.1) is 26.3 Å². The van der Waals surface area contributed by atoms with E-state index in [9.17, 15) is 82.7 Å². The zero-order chi connectivity index (χ0) is 78.7. The van der Waals surface area contributed by atoms with Crippen LogP contribution in [0.4, 0.5) is 39.5 Å². The molecule has 5 amide bonds. The van der Waals surface area contributed by atoms with Crippen LogP contribution in [0.15, 0.2) is 31.6 Å². The first-order chi connectivity index (χ1) is 49.1. The fourth-order valence-corrected chi connectivity index (χ4v) is 15.1. The number of nitrogens with one attached hydrogen (secondary N) is 7. The predicted octanol–water partition coefficient (Wildman–Crippen LogP) is 5.48. The number of aromatic nitrogens is 4. The summed E-state index contributed by atoms with van der Waals surface area (Å²) in [6.45, 7) is 36.8. The van der Waals surface area contributed by atoms with E-state index >= 15 is 0 Å². The Bertz CT molecular complexity index is 3790. The minimum absolute atomic E-state index is 0.00392. The number of nitrogens with zero attached hydrogens (tertiary/aromatic N) is 6. The summed E-state index contributed by atoms with van der Waals surface area (Å²) in [6, 6.07) is -3.16. The lowest BCUT2D eigenvalue weighted by atomic mass is 9.96. The van der Waals surface area contributed by atoms with Gasteiger partial charge in [0.2, 0.25) is 24.9 Å². The number of alkyl halides is 9. The molecule has 0 aliphatic carbocycles. The predicted molar refractivity (Wildman–Crippen MR) is 359 cm³/mol. The Kier molecular flexibility index (Phi) is 32.7. The lowest BCUT2D eigenvalue weighted by Gasteiger charge is -2.38. The first-order valence-electron chi connectivity index (χ1n) is 33.5. The maximum atomic E-state index is 13.1. The SMILES string of the molecule is [C-]#[N+]CCOP(OC1[C@@H]2OC[C@]1(CC)O[C@H]2n1cc(C#CCNC(=O)[C@H](CC(C)C)NC(=O)C(F)(F)F)c(=O)[nH]c1=O)N(C(C)C)C(C)C.[C-]#[N+]CCOP(OC1[C@@H]2OC[C@]1(CC)O[C@H]2n1cc(C#CCNC(=O)[C@H](CCCCNC(=O)C(F)(F)F)NC(=O)C(F)(F)F)c(=O)[nH]c1=O)N(C(C)C)C(C)C. The highest BCUT2D eigenvalue weighted by Gasteiger charge is 2.65. The average molecular weight is 1540 g/mol. The summed E-state index contributed by atoms with van der Waals surface area (Å²) in [5.41, 5.74) is -5.72. The van der Waals surface area contributed by atoms with Gasteiger partial charge in [0, 0.05) is 43.1 Å². The second kappa shape index (κ2) is 39.0. The summed E-state index contributed by atoms with van der Waals surface area (Å²) in [6.07, 6.45) is -18.4. The number of aromatic amines is 2. The van der Waals surface area contributed by atoms with Crippen molar-refractivity contribution in [2.45, 2.75) is 224 Å². The van der Waals surface area contributed by atoms with E-state index in [1.807, 2.05) is 73.9 Å². The van der Waals surface area contributed by atoms with Gasteiger partial charge in [0.1, 0.15) is 72.0 Å². The normalized spacial score (nSPS) is 22.3. The number of rotatable bonds is 33. The molecular weight excluding hydrogens is 1460 g/mol. The molecule has 2 aromatic rings. The molecule has 0 saturated carbocycles. The molecule has 2 aromatic heterocycles. The average Bonchev–Trinajstić information content (AvgIpc) is 1.58. The smallest absolute Gasteiger partial charge is 0.368 e. The highest BCUT2D eigenvalue weighted by atomic mass is 31.2. The molecule has 584 valence electrons. The van der Waals surface area contributed by atoms with Crippen molar-refractivity contribution in [3.05, 3.63) is 88.0 Å². The third-order valence-electron chi connectivity index (χ3n) is 16.4. The molecule has 4 fully saturated rings. The summed E-state index contributed by atoms with van der Waals surface area (Å²) >= 11 is 0. The number of hydrogen-bond acceptors (Lipinski definition) is 19. The van der Waals surface area contributed by atoms with Crippen molar-refractivity contribution in [1.29, 1.82) is 0 Å². The molecule has 6 rings (SSSR count). The van der Waals surface area contributed by atoms with E-state index in [1.54, 1.807) is 24.5 Å². The van der Waals surface area contributed by atoms with Gasteiger partial charge in [0.15, 0.2) is 12.5 Å². The maximum Gasteiger partial charge on any atom is 0.471 e. The van der Waals surface area contributed by atoms with Gasteiger partial charge in [-0.05, 0) is 99.8 Å². The molecule has 30 nitrogen and oxygen atoms in total. The topological polar surface area (TPSA) is 344 Å². The van der Waals surface area contributed by atoms with Crippen LogP contribution in [0, 0.1) is 42.7 Å². The number of carbonyl (C=O) groups is 5. The van der Waals surface area contributed by atoms with Crippen molar-refractivity contribution < 1.29 is 101 Å². The van der Waals surface area contributed by atoms with Gasteiger partial charge >= 0.3 is 47.6 Å². The van der Waals surface area contributed by atoms with Crippen molar-refractivity contribution in [2.75, 3.05) is 59.2 Å². The molecular formula is C64H88F9N13O17P2. The van der Waals surface area contributed by atoms with Gasteiger partial charge in [-0.25, -0.2) is 32.1 Å². The molecule has 105 heavy (non-hydrogen) atoms. The van der Waals surface area contributed by atoms with Crippen LogP contribution in [0.2, 0.25) is 0 Å². The third-order valence-corrected chi connectivity index (χ3v) is 20.6. The number of H-pyrrole nitrogens is 2. The number of fused-ring (bicyclic) bond motifs is 4. The second-order valence-corrected chi connectivity index (χ2v) is 28.7. The van der Waals surface area contributed by atoms with Crippen LogP contribution < -0.4 is 49.1 Å². The van der Waals surface area contributed by atoms with Gasteiger partial charge in [0.25, 0.3) is 28.2 Å². The molecule has 4 aliphatic heterocycles. The minimum Gasteiger partial charge on any atom is -0.368 e. The van der Waals surface area contributed by atoms with E-state index in [4.69, 9.17) is 50.2 Å². The van der Waals surface area contributed by atoms with Crippen molar-refractivity contribution in [3.8, 4) is 23.7 Å². The standard InChI is InChI=1S/C33H44F6N7O9P.C31H44F3N6O8P/c1-7-31-18-52-23(24(31)55-56(53-16-15-40-6)46(19(2)3)20(4)5)27(54-31)45-17-21(25(47)44-30(45)51)11-10-14-41-26(48)22(43-29(50)33(37,38)39)12-8-9-13-42-28(49)32(34,35)36;1-9-30-17-45-23(24(30)48-49(46-14-13-35-8)40(19(4)5)20(6)7)27(47-30)39-16-21(25(41)38-29(39)44)11-10-12-36-26(42)22(15-18(2)3)37-28(43)31(32,33)34/h17,19-20,22-24,27H,7-9,12-16,18H2,1-5H3,(H,41,48)(H,42,49)(H,43,50)(H,44,47,51);16,18-20,22-24,27H,9,12-15,17H2,1-7H3,(H,36,42)(H,37,43)(H,38,41,44)/t22-,23-,24?,27+,31-,56?;22-,23-,24?,27+,30-,49?/m00/s1. The van der Waals surface area contributed by atoms with Gasteiger partial charge in [-0.3, -0.25) is 52.7 Å². The van der Waals surface area contributed by atoms with Gasteiger partial charge in [-0.2, -0.15) is 39.5 Å². The fraction of sp³-hybridized carbons (Fsp3) is 0.703. The van der Waals surface area contributed by atoms with Crippen molar-refractivity contribution in [1.82, 2.24) is 55.0 Å². The van der Waals surface area contributed by atoms with E-state index in [-0.39, 0.29) is 107 Å². The van der Waals surface area contributed by atoms with Crippen molar-refractivity contribution >= 4 is 46.6 Å². The van der Waals surface area contributed by atoms with Gasteiger partial charge in [-0.15, -0.1) is 0 Å². The highest BCUT2D eigenvalue weighted by Crippen LogP contribution is 2.57. The minimum atomic E-state index is -5.35. The number of ether oxygens (including phenoxy) is 4. The first-order valence-corrected chi connectivity index (χ1v) is 35.7. The van der Waals surface area contributed by atoms with E-state index in [2.05, 4.69) is 58.6 Å². The molecule has 7 N–H and O–H groups in total. The summed E-state index contributed by atoms with van der Waals surface area (Å²) in [5, 5.41) is 9.35. The van der Waals surface area contributed by atoms with E-state index in [0.29, 0.717) is 12.8 Å². The molecule has 4 aliphatic rings. The lowest BCUT2D eigenvalue weighted by Crippen LogP contribution is -2.51. The Morgan fingerprint density at radius 2 is 0.990 bits per heavy atom. The van der Waals surface area contributed by atoms with Crippen molar-refractivity contribution in [3.63, 3.8) is 0 Å². The van der Waals surface area contributed by atoms with Crippen LogP contribution in [-0.4, -0.2) is 208 Å². The Morgan fingerprint density at radius 3 is 1.34 bits per heavy atom. The zero-order valence-electron chi connectivity index (χ0n) is 59.7. The molecule has 0 spiro atoms. The molecule has 4 bridgehead atoms. The van der Waals surface area contributed by atoms with E-state index in [0.717, 1.165) is 15.3 Å². The molecule has 0 aromatic carbocycles. The molecule has 12 atom stereocenters. The van der Waals surface area contributed by atoms with Crippen LogP contribution in [0.1, 0.15) is 145 Å². The Hall–Kier alpha value is -7.36. The molecule has 41 heteroatoms. The van der Waals surface area contributed by atoms with Crippen LogP contribution in [0.3, 0.4) is 0 Å². The van der Waals surface area contributed by atoms with Crippen LogP contribution in [-0.2, 0) is 61.0 Å². The zero-order valence-corrected chi connectivity index (χ0v) is 61.5. The Labute approximate surface area is 601 Å². The van der Waals surface area contributed by atoms with E-state index < -0.39 is 167 Å². The molecule has 4 unspecified atom stereocenters. The molecule has 6 heterocycles. The summed E-state index contributed by atoms with van der Waals surface area (Å²) in [4.78, 5) is 122. The Balaban J connectivity index is 0.000000380. The second-order valence-electron chi connectivity index (χ2n) is 25.9. The number of hydrogen-bond donors (Lipinski definition) is 7.